The van der Waals surface area contributed by atoms with Gasteiger partial charge in [-0.3, -0.25) is 4.79 Å². The van der Waals surface area contributed by atoms with Gasteiger partial charge in [-0.25, -0.2) is 0 Å². The van der Waals surface area contributed by atoms with Gasteiger partial charge in [0, 0.05) is 13.0 Å². The maximum absolute atomic E-state index is 11.1. The van der Waals surface area contributed by atoms with Crippen LogP contribution >= 0.6 is 8.58 Å². The zero-order valence-electron chi connectivity index (χ0n) is 11.1. The van der Waals surface area contributed by atoms with Crippen LogP contribution in [0.4, 0.5) is 0 Å². The number of ether oxygens (including phenoxy) is 1. The summed E-state index contributed by atoms with van der Waals surface area (Å²) in [7, 11) is 0.882. The van der Waals surface area contributed by atoms with E-state index in [-0.39, 0.29) is 11.5 Å². The minimum Gasteiger partial charge on any atom is -0.371 e. The second-order valence-electron chi connectivity index (χ2n) is 4.15. The molecule has 0 aromatic carbocycles. The van der Waals surface area contributed by atoms with Crippen molar-refractivity contribution in [2.24, 2.45) is 0 Å². The van der Waals surface area contributed by atoms with Crippen molar-refractivity contribution in [3.8, 4) is 0 Å². The largest absolute Gasteiger partial charge is 0.371 e. The lowest BCUT2D eigenvalue weighted by Crippen LogP contribution is -2.34. The number of hydrogen-bond donors (Lipinski definition) is 1. The summed E-state index contributed by atoms with van der Waals surface area (Å²) < 4.78 is 5.90. The normalized spacial score (nSPS) is 15.2. The van der Waals surface area contributed by atoms with E-state index < -0.39 is 0 Å². The highest BCUT2D eigenvalue weighted by atomic mass is 31.1. The van der Waals surface area contributed by atoms with Crippen LogP contribution < -0.4 is 5.32 Å². The molecule has 0 aliphatic heterocycles. The van der Waals surface area contributed by atoms with E-state index in [1.54, 1.807) is 0 Å². The number of hydrogen-bond acceptors (Lipinski definition) is 2. The van der Waals surface area contributed by atoms with Gasteiger partial charge in [0.25, 0.3) is 0 Å². The molecule has 0 fully saturated rings. The molecule has 0 bridgehead atoms. The van der Waals surface area contributed by atoms with Crippen LogP contribution in [-0.4, -0.2) is 30.6 Å². The summed E-state index contributed by atoms with van der Waals surface area (Å²) in [6, 6.07) is 0. The zero-order valence-corrected chi connectivity index (χ0v) is 12.1. The van der Waals surface area contributed by atoms with Crippen LogP contribution in [0.15, 0.2) is 0 Å². The Hall–Kier alpha value is -0.140. The molecular formula is C12H26NO2P. The standard InChI is InChI=1S/C12H26NO2P/c1-5-11(14)13-9-8-12(4,6-2)15-10-16-7-3/h16H,5-10H2,1-4H3,(H,13,14). The molecule has 0 saturated carbocycles. The number of amides is 1. The lowest BCUT2D eigenvalue weighted by Gasteiger charge is -2.28. The average molecular weight is 247 g/mol. The number of carbonyl (C=O) groups is 1. The summed E-state index contributed by atoms with van der Waals surface area (Å²) >= 11 is 0. The first kappa shape index (κ1) is 15.9. The van der Waals surface area contributed by atoms with E-state index in [9.17, 15) is 4.79 Å². The summed E-state index contributed by atoms with van der Waals surface area (Å²) in [5, 5.41) is 2.90. The highest BCUT2D eigenvalue weighted by Crippen LogP contribution is 2.23. The van der Waals surface area contributed by atoms with Gasteiger partial charge in [0.05, 0.1) is 11.9 Å². The first-order chi connectivity index (χ1) is 7.58. The highest BCUT2D eigenvalue weighted by Gasteiger charge is 2.22. The number of nitrogens with one attached hydrogen (secondary N) is 1. The van der Waals surface area contributed by atoms with Crippen LogP contribution in [0.2, 0.25) is 0 Å². The van der Waals surface area contributed by atoms with E-state index in [0.717, 1.165) is 27.8 Å². The van der Waals surface area contributed by atoms with Crippen molar-refractivity contribution in [1.29, 1.82) is 0 Å². The average Bonchev–Trinajstić information content (AvgIpc) is 2.29. The zero-order chi connectivity index (χ0) is 12.4. The van der Waals surface area contributed by atoms with Crippen LogP contribution in [0.3, 0.4) is 0 Å². The third-order valence-electron chi connectivity index (χ3n) is 2.82. The van der Waals surface area contributed by atoms with Gasteiger partial charge >= 0.3 is 0 Å². The molecule has 0 radical (unpaired) electrons. The lowest BCUT2D eigenvalue weighted by molar-refractivity contribution is -0.121. The van der Waals surface area contributed by atoms with Gasteiger partial charge in [0.2, 0.25) is 5.91 Å². The molecule has 0 heterocycles. The fourth-order valence-corrected chi connectivity index (χ4v) is 1.92. The molecule has 0 aromatic heterocycles. The maximum atomic E-state index is 11.1. The summed E-state index contributed by atoms with van der Waals surface area (Å²) in [6.45, 7) is 9.02. The van der Waals surface area contributed by atoms with Gasteiger partial charge in [-0.05, 0) is 25.9 Å². The molecule has 0 aliphatic carbocycles. The SMILES string of the molecule is CCPCOC(C)(CC)CCNC(=O)CC. The molecule has 0 aromatic rings. The van der Waals surface area contributed by atoms with E-state index >= 15 is 0 Å². The molecule has 0 spiro atoms. The fourth-order valence-electron chi connectivity index (χ4n) is 1.27. The Kier molecular flexibility index (Phi) is 8.87. The van der Waals surface area contributed by atoms with Crippen molar-refractivity contribution in [3.63, 3.8) is 0 Å². The Balaban J connectivity index is 3.82. The molecule has 4 heteroatoms. The minimum atomic E-state index is -0.0802. The Labute approximate surface area is 101 Å². The van der Waals surface area contributed by atoms with Crippen molar-refractivity contribution in [1.82, 2.24) is 5.32 Å². The van der Waals surface area contributed by atoms with E-state index in [2.05, 4.69) is 26.1 Å². The van der Waals surface area contributed by atoms with Crippen molar-refractivity contribution < 1.29 is 9.53 Å². The minimum absolute atomic E-state index is 0.0802. The van der Waals surface area contributed by atoms with Crippen molar-refractivity contribution in [3.05, 3.63) is 0 Å². The Morgan fingerprint density at radius 1 is 1.38 bits per heavy atom. The second kappa shape index (κ2) is 8.95. The quantitative estimate of drug-likeness (QED) is 0.502. The van der Waals surface area contributed by atoms with Gasteiger partial charge in [-0.1, -0.05) is 29.4 Å². The predicted octanol–water partition coefficient (Wildman–Crippen LogP) is 2.74. The third kappa shape index (κ3) is 7.19. The van der Waals surface area contributed by atoms with Crippen LogP contribution in [0, 0.1) is 0 Å². The molecule has 1 amide bonds. The topological polar surface area (TPSA) is 38.3 Å². The fraction of sp³-hybridized carbons (Fsp3) is 0.917. The summed E-state index contributed by atoms with van der Waals surface area (Å²) in [6.07, 6.45) is 4.47. The van der Waals surface area contributed by atoms with Gasteiger partial charge < -0.3 is 10.1 Å². The third-order valence-corrected chi connectivity index (χ3v) is 3.67. The maximum Gasteiger partial charge on any atom is 0.219 e. The second-order valence-corrected chi connectivity index (χ2v) is 5.64. The van der Waals surface area contributed by atoms with Crippen LogP contribution in [0.5, 0.6) is 0 Å². The van der Waals surface area contributed by atoms with E-state index in [4.69, 9.17) is 4.74 Å². The molecule has 1 N–H and O–H groups in total. The number of carbonyl (C=O) groups excluding carboxylic acids is 1. The number of rotatable bonds is 9. The molecule has 16 heavy (non-hydrogen) atoms. The Morgan fingerprint density at radius 2 is 2.06 bits per heavy atom. The first-order valence-corrected chi connectivity index (χ1v) is 7.60. The Bertz CT molecular complexity index is 199. The summed E-state index contributed by atoms with van der Waals surface area (Å²) in [5.74, 6) is 0.119. The molecule has 2 atom stereocenters. The smallest absolute Gasteiger partial charge is 0.219 e. The molecular weight excluding hydrogens is 221 g/mol. The monoisotopic (exact) mass is 247 g/mol. The van der Waals surface area contributed by atoms with Crippen molar-refractivity contribution in [2.75, 3.05) is 19.1 Å². The van der Waals surface area contributed by atoms with E-state index in [1.165, 1.54) is 6.16 Å². The van der Waals surface area contributed by atoms with Gasteiger partial charge in [0.1, 0.15) is 0 Å². The molecule has 96 valence electrons. The van der Waals surface area contributed by atoms with Gasteiger partial charge in [-0.15, -0.1) is 0 Å². The summed E-state index contributed by atoms with van der Waals surface area (Å²) in [5.41, 5.74) is -0.0802. The molecule has 0 saturated heterocycles. The van der Waals surface area contributed by atoms with Crippen molar-refractivity contribution >= 4 is 14.5 Å². The van der Waals surface area contributed by atoms with Gasteiger partial charge in [-0.2, -0.15) is 0 Å². The van der Waals surface area contributed by atoms with Crippen LogP contribution in [0.1, 0.15) is 47.0 Å². The molecule has 0 rings (SSSR count). The summed E-state index contributed by atoms with van der Waals surface area (Å²) in [4.78, 5) is 11.1. The van der Waals surface area contributed by atoms with Crippen LogP contribution in [0.25, 0.3) is 0 Å². The highest BCUT2D eigenvalue weighted by molar-refractivity contribution is 7.37. The predicted molar refractivity (Wildman–Crippen MR) is 71.4 cm³/mol. The molecule has 0 aliphatic rings. The van der Waals surface area contributed by atoms with E-state index in [1.807, 2.05) is 6.92 Å². The first-order valence-electron chi connectivity index (χ1n) is 6.19. The van der Waals surface area contributed by atoms with Gasteiger partial charge in [0.15, 0.2) is 0 Å². The van der Waals surface area contributed by atoms with Crippen molar-refractivity contribution in [2.45, 2.75) is 52.6 Å². The molecule has 2 unspecified atom stereocenters. The molecule has 3 nitrogen and oxygen atoms in total. The lowest BCUT2D eigenvalue weighted by atomic mass is 9.99. The van der Waals surface area contributed by atoms with E-state index in [0.29, 0.717) is 13.0 Å². The van der Waals surface area contributed by atoms with Crippen LogP contribution in [-0.2, 0) is 9.53 Å². The Morgan fingerprint density at radius 3 is 2.56 bits per heavy atom.